The summed E-state index contributed by atoms with van der Waals surface area (Å²) in [7, 11) is 0. The number of cyclic esters (lactones) is 1. The van der Waals surface area contributed by atoms with Gasteiger partial charge in [0.25, 0.3) is 0 Å². The van der Waals surface area contributed by atoms with Crippen LogP contribution in [0.3, 0.4) is 0 Å². The van der Waals surface area contributed by atoms with Gasteiger partial charge in [-0.15, -0.1) is 0 Å². The number of ether oxygens (including phenoxy) is 1. The van der Waals surface area contributed by atoms with E-state index >= 15 is 0 Å². The normalized spacial score (nSPS) is 18.6. The van der Waals surface area contributed by atoms with E-state index < -0.39 is 0 Å². The van der Waals surface area contributed by atoms with Gasteiger partial charge in [0, 0.05) is 10.9 Å². The lowest BCUT2D eigenvalue weighted by molar-refractivity contribution is 0.0274. The molecule has 1 unspecified atom stereocenters. The molecule has 16 heavy (non-hydrogen) atoms. The molecule has 1 heterocycles. The molecule has 0 fully saturated rings. The Labute approximate surface area is 93.8 Å². The van der Waals surface area contributed by atoms with E-state index in [0.29, 0.717) is 5.56 Å². The van der Waals surface area contributed by atoms with Gasteiger partial charge in [0.1, 0.15) is 6.10 Å². The predicted octanol–water partition coefficient (Wildman–Crippen LogP) is 3.46. The van der Waals surface area contributed by atoms with Crippen molar-refractivity contribution in [2.75, 3.05) is 0 Å². The minimum absolute atomic E-state index is 0.0916. The molecule has 2 aromatic rings. The van der Waals surface area contributed by atoms with Crippen molar-refractivity contribution in [3.63, 3.8) is 0 Å². The molecule has 1 aliphatic heterocycles. The Hall–Kier alpha value is -1.83. The quantitative estimate of drug-likeness (QED) is 0.676. The summed E-state index contributed by atoms with van der Waals surface area (Å²) in [5.74, 6) is -0.198. The zero-order chi connectivity index (χ0) is 11.1. The summed E-state index contributed by atoms with van der Waals surface area (Å²) in [5, 5.41) is 2.18. The maximum Gasteiger partial charge on any atom is 0.339 e. The van der Waals surface area contributed by atoms with Gasteiger partial charge >= 0.3 is 5.97 Å². The van der Waals surface area contributed by atoms with Gasteiger partial charge in [-0.3, -0.25) is 0 Å². The largest absolute Gasteiger partial charge is 0.454 e. The van der Waals surface area contributed by atoms with Gasteiger partial charge in [0.05, 0.1) is 5.56 Å². The molecule has 80 valence electrons. The maximum atomic E-state index is 11.8. The van der Waals surface area contributed by atoms with Gasteiger partial charge in [-0.1, -0.05) is 37.3 Å². The highest BCUT2D eigenvalue weighted by Crippen LogP contribution is 2.36. The van der Waals surface area contributed by atoms with Crippen LogP contribution in [0.2, 0.25) is 0 Å². The van der Waals surface area contributed by atoms with Crippen molar-refractivity contribution >= 4 is 16.7 Å². The van der Waals surface area contributed by atoms with Gasteiger partial charge in [-0.2, -0.15) is 0 Å². The smallest absolute Gasteiger partial charge is 0.339 e. The van der Waals surface area contributed by atoms with E-state index in [9.17, 15) is 4.79 Å². The second-order valence-electron chi connectivity index (χ2n) is 4.05. The number of benzene rings is 2. The molecular formula is C14H12O2. The molecule has 0 saturated carbocycles. The number of carbonyl (C=O) groups is 1. The van der Waals surface area contributed by atoms with Crippen LogP contribution in [-0.2, 0) is 4.74 Å². The van der Waals surface area contributed by atoms with Crippen molar-refractivity contribution in [1.82, 2.24) is 0 Å². The summed E-state index contributed by atoms with van der Waals surface area (Å²) >= 11 is 0. The third-order valence-corrected chi connectivity index (χ3v) is 3.12. The van der Waals surface area contributed by atoms with Crippen LogP contribution in [0.1, 0.15) is 35.4 Å². The van der Waals surface area contributed by atoms with Crippen molar-refractivity contribution in [1.29, 1.82) is 0 Å². The lowest BCUT2D eigenvalue weighted by Crippen LogP contribution is -2.17. The standard InChI is InChI=1S/C14H12O2/c1-2-12-10-7-3-5-9-6-4-8-11(13(9)10)14(15)16-12/h3-8,12H,2H2,1H3. The minimum Gasteiger partial charge on any atom is -0.454 e. The molecule has 0 N–H and O–H groups in total. The molecule has 0 amide bonds. The summed E-state index contributed by atoms with van der Waals surface area (Å²) in [6, 6.07) is 11.9. The van der Waals surface area contributed by atoms with Crippen molar-refractivity contribution in [3.05, 3.63) is 47.5 Å². The van der Waals surface area contributed by atoms with Crippen LogP contribution in [0, 0.1) is 0 Å². The number of carbonyl (C=O) groups excluding carboxylic acids is 1. The fourth-order valence-corrected chi connectivity index (χ4v) is 2.37. The number of rotatable bonds is 1. The zero-order valence-corrected chi connectivity index (χ0v) is 9.07. The summed E-state index contributed by atoms with van der Waals surface area (Å²) < 4.78 is 5.41. The van der Waals surface area contributed by atoms with Crippen LogP contribution in [0.5, 0.6) is 0 Å². The topological polar surface area (TPSA) is 26.3 Å². The van der Waals surface area contributed by atoms with E-state index in [1.54, 1.807) is 0 Å². The molecule has 2 aromatic carbocycles. The van der Waals surface area contributed by atoms with E-state index in [2.05, 4.69) is 0 Å². The molecule has 2 nitrogen and oxygen atoms in total. The first-order chi connectivity index (χ1) is 7.81. The summed E-state index contributed by atoms with van der Waals surface area (Å²) in [6.45, 7) is 2.03. The van der Waals surface area contributed by atoms with E-state index in [0.717, 1.165) is 22.8 Å². The van der Waals surface area contributed by atoms with Crippen LogP contribution >= 0.6 is 0 Å². The molecule has 0 aromatic heterocycles. The molecule has 0 aliphatic carbocycles. The van der Waals surface area contributed by atoms with Crippen LogP contribution in [0.25, 0.3) is 10.8 Å². The Morgan fingerprint density at radius 3 is 2.69 bits per heavy atom. The molecule has 1 aliphatic rings. The molecule has 0 bridgehead atoms. The first-order valence-electron chi connectivity index (χ1n) is 5.54. The second kappa shape index (κ2) is 3.34. The average molecular weight is 212 g/mol. The third kappa shape index (κ3) is 1.16. The van der Waals surface area contributed by atoms with Crippen molar-refractivity contribution in [3.8, 4) is 0 Å². The lowest BCUT2D eigenvalue weighted by atomic mass is 9.93. The van der Waals surface area contributed by atoms with Crippen molar-refractivity contribution in [2.45, 2.75) is 19.4 Å². The molecule has 2 heteroatoms. The van der Waals surface area contributed by atoms with E-state index in [-0.39, 0.29) is 12.1 Å². The maximum absolute atomic E-state index is 11.8. The highest BCUT2D eigenvalue weighted by molar-refractivity contribution is 6.07. The molecule has 0 radical (unpaired) electrons. The highest BCUT2D eigenvalue weighted by Gasteiger charge is 2.26. The average Bonchev–Trinajstić information content (AvgIpc) is 2.33. The zero-order valence-electron chi connectivity index (χ0n) is 9.07. The number of hydrogen-bond donors (Lipinski definition) is 0. The summed E-state index contributed by atoms with van der Waals surface area (Å²) in [6.07, 6.45) is 0.727. The third-order valence-electron chi connectivity index (χ3n) is 3.12. The Kier molecular flexibility index (Phi) is 1.96. The van der Waals surface area contributed by atoms with E-state index in [1.165, 1.54) is 0 Å². The van der Waals surface area contributed by atoms with Gasteiger partial charge in [-0.25, -0.2) is 4.79 Å². The SMILES string of the molecule is CCC1OC(=O)c2cccc3cccc1c23. The molecule has 1 atom stereocenters. The first kappa shape index (κ1) is 9.40. The second-order valence-corrected chi connectivity index (χ2v) is 4.05. The minimum atomic E-state index is -0.198. The van der Waals surface area contributed by atoms with Crippen LogP contribution in [0.15, 0.2) is 36.4 Å². The fourth-order valence-electron chi connectivity index (χ4n) is 2.37. The van der Waals surface area contributed by atoms with Crippen molar-refractivity contribution < 1.29 is 9.53 Å². The lowest BCUT2D eigenvalue weighted by Gasteiger charge is -2.24. The highest BCUT2D eigenvalue weighted by atomic mass is 16.5. The van der Waals surface area contributed by atoms with Crippen LogP contribution < -0.4 is 0 Å². The Morgan fingerprint density at radius 2 is 1.94 bits per heavy atom. The number of hydrogen-bond acceptors (Lipinski definition) is 2. The Bertz CT molecular complexity index is 567. The van der Waals surface area contributed by atoms with E-state index in [1.807, 2.05) is 43.3 Å². The predicted molar refractivity (Wildman–Crippen MR) is 62.4 cm³/mol. The van der Waals surface area contributed by atoms with Gasteiger partial charge in [-0.05, 0) is 17.9 Å². The van der Waals surface area contributed by atoms with Gasteiger partial charge < -0.3 is 4.74 Å². The Morgan fingerprint density at radius 1 is 1.19 bits per heavy atom. The fraction of sp³-hybridized carbons (Fsp3) is 0.214. The van der Waals surface area contributed by atoms with Gasteiger partial charge in [0.15, 0.2) is 0 Å². The van der Waals surface area contributed by atoms with Gasteiger partial charge in [0.2, 0.25) is 0 Å². The molecule has 3 rings (SSSR count). The monoisotopic (exact) mass is 212 g/mol. The Balaban J connectivity index is 2.42. The molecule has 0 saturated heterocycles. The van der Waals surface area contributed by atoms with Crippen molar-refractivity contribution in [2.24, 2.45) is 0 Å². The van der Waals surface area contributed by atoms with Crippen LogP contribution in [-0.4, -0.2) is 5.97 Å². The molecular weight excluding hydrogens is 200 g/mol. The summed E-state index contributed by atoms with van der Waals surface area (Å²) in [5.41, 5.74) is 1.83. The summed E-state index contributed by atoms with van der Waals surface area (Å²) in [4.78, 5) is 11.8. The van der Waals surface area contributed by atoms with Crippen LogP contribution in [0.4, 0.5) is 0 Å². The first-order valence-corrected chi connectivity index (χ1v) is 5.54. The number of esters is 1. The molecule has 0 spiro atoms. The van der Waals surface area contributed by atoms with E-state index in [4.69, 9.17) is 4.74 Å².